The fourth-order valence-electron chi connectivity index (χ4n) is 3.52. The maximum atomic E-state index is 3.58. The summed E-state index contributed by atoms with van der Waals surface area (Å²) >= 11 is 0. The van der Waals surface area contributed by atoms with Crippen LogP contribution in [0.15, 0.2) is 0 Å². The van der Waals surface area contributed by atoms with Gasteiger partial charge in [0.05, 0.1) is 0 Å². The van der Waals surface area contributed by atoms with Crippen LogP contribution in [0.3, 0.4) is 0 Å². The minimum atomic E-state index is 0.870. The van der Waals surface area contributed by atoms with Gasteiger partial charge in [-0.15, -0.1) is 0 Å². The average Bonchev–Trinajstić information content (AvgIpc) is 3.21. The molecule has 1 unspecified atom stereocenters. The molecule has 0 bridgehead atoms. The van der Waals surface area contributed by atoms with Gasteiger partial charge in [-0.25, -0.2) is 0 Å². The predicted molar refractivity (Wildman–Crippen MR) is 78.9 cm³/mol. The van der Waals surface area contributed by atoms with E-state index < -0.39 is 0 Å². The van der Waals surface area contributed by atoms with Crippen molar-refractivity contribution in [1.29, 1.82) is 0 Å². The Morgan fingerprint density at radius 3 is 2.33 bits per heavy atom. The van der Waals surface area contributed by atoms with E-state index in [0.717, 1.165) is 18.0 Å². The highest BCUT2D eigenvalue weighted by atomic mass is 15.2. The Hall–Kier alpha value is -0.0800. The molecule has 1 N–H and O–H groups in total. The highest BCUT2D eigenvalue weighted by Crippen LogP contribution is 2.32. The third-order valence-electron chi connectivity index (χ3n) is 4.60. The molecule has 1 aliphatic carbocycles. The molecule has 2 rings (SSSR count). The van der Waals surface area contributed by atoms with Crippen LogP contribution < -0.4 is 5.32 Å². The second kappa shape index (κ2) is 7.49. The normalized spacial score (nSPS) is 25.0. The molecule has 1 saturated heterocycles. The largest absolute Gasteiger partial charge is 0.316 e. The zero-order valence-corrected chi connectivity index (χ0v) is 12.5. The van der Waals surface area contributed by atoms with E-state index in [2.05, 4.69) is 24.1 Å². The summed E-state index contributed by atoms with van der Waals surface area (Å²) in [7, 11) is 0. The van der Waals surface area contributed by atoms with Crippen molar-refractivity contribution in [2.75, 3.05) is 19.6 Å². The minimum Gasteiger partial charge on any atom is -0.316 e. The Bertz CT molecular complexity index is 213. The first-order chi connectivity index (χ1) is 8.85. The van der Waals surface area contributed by atoms with Crippen molar-refractivity contribution >= 4 is 0 Å². The van der Waals surface area contributed by atoms with Crippen LogP contribution in [-0.2, 0) is 0 Å². The molecule has 1 saturated carbocycles. The van der Waals surface area contributed by atoms with Gasteiger partial charge in [-0.2, -0.15) is 0 Å². The standard InChI is InChI=1S/C16H32N2/c1-3-6-15(7-4-2)18(16-9-10-16)13-14-8-5-11-17-12-14/h14-17H,3-13H2,1-2H3. The van der Waals surface area contributed by atoms with Gasteiger partial charge in [0.1, 0.15) is 0 Å². The molecule has 2 fully saturated rings. The molecule has 2 heteroatoms. The lowest BCUT2D eigenvalue weighted by molar-refractivity contribution is 0.129. The van der Waals surface area contributed by atoms with Crippen molar-refractivity contribution in [2.45, 2.75) is 77.3 Å². The molecular formula is C16H32N2. The summed E-state index contributed by atoms with van der Waals surface area (Å²) in [4.78, 5) is 2.89. The summed E-state index contributed by atoms with van der Waals surface area (Å²) in [5.41, 5.74) is 0. The fourth-order valence-corrected chi connectivity index (χ4v) is 3.52. The first-order valence-corrected chi connectivity index (χ1v) is 8.31. The van der Waals surface area contributed by atoms with Crippen LogP contribution >= 0.6 is 0 Å². The zero-order valence-electron chi connectivity index (χ0n) is 12.5. The molecule has 0 amide bonds. The van der Waals surface area contributed by atoms with Gasteiger partial charge in [0.15, 0.2) is 0 Å². The predicted octanol–water partition coefficient (Wildman–Crippen LogP) is 3.42. The quantitative estimate of drug-likeness (QED) is 0.712. The van der Waals surface area contributed by atoms with Crippen LogP contribution in [-0.4, -0.2) is 36.6 Å². The number of hydrogen-bond acceptors (Lipinski definition) is 2. The van der Waals surface area contributed by atoms with E-state index >= 15 is 0 Å². The molecule has 1 heterocycles. The van der Waals surface area contributed by atoms with Gasteiger partial charge < -0.3 is 5.32 Å². The van der Waals surface area contributed by atoms with Crippen molar-refractivity contribution in [3.63, 3.8) is 0 Å². The third-order valence-corrected chi connectivity index (χ3v) is 4.60. The summed E-state index contributed by atoms with van der Waals surface area (Å²) in [6.45, 7) is 8.55. The molecule has 106 valence electrons. The Morgan fingerprint density at radius 2 is 1.83 bits per heavy atom. The van der Waals surface area contributed by atoms with Gasteiger partial charge in [-0.3, -0.25) is 4.90 Å². The Labute approximate surface area is 114 Å². The second-order valence-electron chi connectivity index (χ2n) is 6.37. The molecule has 0 aromatic heterocycles. The van der Waals surface area contributed by atoms with Crippen molar-refractivity contribution in [3.8, 4) is 0 Å². The topological polar surface area (TPSA) is 15.3 Å². The summed E-state index contributed by atoms with van der Waals surface area (Å²) in [5, 5.41) is 3.58. The van der Waals surface area contributed by atoms with Gasteiger partial charge in [0, 0.05) is 18.6 Å². The van der Waals surface area contributed by atoms with Crippen LogP contribution in [0.5, 0.6) is 0 Å². The second-order valence-corrected chi connectivity index (χ2v) is 6.37. The highest BCUT2D eigenvalue weighted by molar-refractivity contribution is 4.90. The van der Waals surface area contributed by atoms with E-state index in [1.165, 1.54) is 71.0 Å². The molecule has 0 aromatic carbocycles. The number of nitrogens with zero attached hydrogens (tertiary/aromatic N) is 1. The molecule has 2 nitrogen and oxygen atoms in total. The van der Waals surface area contributed by atoms with Crippen molar-refractivity contribution in [2.24, 2.45) is 5.92 Å². The number of nitrogens with one attached hydrogen (secondary N) is 1. The first-order valence-electron chi connectivity index (χ1n) is 8.31. The summed E-state index contributed by atoms with van der Waals surface area (Å²) in [6.07, 6.45) is 11.3. The van der Waals surface area contributed by atoms with E-state index in [1.54, 1.807) is 0 Å². The van der Waals surface area contributed by atoms with Crippen molar-refractivity contribution in [3.05, 3.63) is 0 Å². The summed E-state index contributed by atoms with van der Waals surface area (Å²) in [6, 6.07) is 1.81. The van der Waals surface area contributed by atoms with Gasteiger partial charge in [0.2, 0.25) is 0 Å². The van der Waals surface area contributed by atoms with Crippen LogP contribution in [0.1, 0.15) is 65.2 Å². The molecule has 2 aliphatic rings. The maximum absolute atomic E-state index is 3.58. The molecule has 0 spiro atoms. The van der Waals surface area contributed by atoms with E-state index in [4.69, 9.17) is 0 Å². The molecule has 18 heavy (non-hydrogen) atoms. The molecule has 0 radical (unpaired) electrons. The Morgan fingerprint density at radius 1 is 1.11 bits per heavy atom. The van der Waals surface area contributed by atoms with Crippen LogP contribution in [0.4, 0.5) is 0 Å². The Balaban J connectivity index is 1.88. The summed E-state index contributed by atoms with van der Waals surface area (Å²) in [5.74, 6) is 0.913. The highest BCUT2D eigenvalue weighted by Gasteiger charge is 2.34. The van der Waals surface area contributed by atoms with Crippen LogP contribution in [0.2, 0.25) is 0 Å². The fraction of sp³-hybridized carbons (Fsp3) is 1.00. The monoisotopic (exact) mass is 252 g/mol. The number of rotatable bonds is 8. The van der Waals surface area contributed by atoms with E-state index in [9.17, 15) is 0 Å². The Kier molecular flexibility index (Phi) is 5.97. The summed E-state index contributed by atoms with van der Waals surface area (Å²) < 4.78 is 0. The van der Waals surface area contributed by atoms with Crippen LogP contribution in [0.25, 0.3) is 0 Å². The maximum Gasteiger partial charge on any atom is 0.00994 e. The lowest BCUT2D eigenvalue weighted by Crippen LogP contribution is -2.44. The molecular weight excluding hydrogens is 220 g/mol. The van der Waals surface area contributed by atoms with Crippen molar-refractivity contribution < 1.29 is 0 Å². The lowest BCUT2D eigenvalue weighted by Gasteiger charge is -2.36. The van der Waals surface area contributed by atoms with Gasteiger partial charge in [-0.1, -0.05) is 26.7 Å². The lowest BCUT2D eigenvalue weighted by atomic mass is 9.96. The first kappa shape index (κ1) is 14.3. The molecule has 1 aliphatic heterocycles. The van der Waals surface area contributed by atoms with Crippen LogP contribution in [0, 0.1) is 5.92 Å². The average molecular weight is 252 g/mol. The van der Waals surface area contributed by atoms with Gasteiger partial charge in [0.25, 0.3) is 0 Å². The van der Waals surface area contributed by atoms with E-state index in [-0.39, 0.29) is 0 Å². The van der Waals surface area contributed by atoms with E-state index in [1.807, 2.05) is 0 Å². The number of piperidine rings is 1. The van der Waals surface area contributed by atoms with Gasteiger partial charge in [-0.05, 0) is 57.5 Å². The molecule has 0 aromatic rings. The SMILES string of the molecule is CCCC(CCC)N(CC1CCCNC1)C1CC1. The molecule has 1 atom stereocenters. The van der Waals surface area contributed by atoms with Crippen molar-refractivity contribution in [1.82, 2.24) is 10.2 Å². The zero-order chi connectivity index (χ0) is 12.8. The third kappa shape index (κ3) is 4.24. The minimum absolute atomic E-state index is 0.870. The number of hydrogen-bond donors (Lipinski definition) is 1. The van der Waals surface area contributed by atoms with E-state index in [0.29, 0.717) is 0 Å². The smallest absolute Gasteiger partial charge is 0.00994 e. The van der Waals surface area contributed by atoms with Gasteiger partial charge >= 0.3 is 0 Å².